The fourth-order valence-corrected chi connectivity index (χ4v) is 3.01. The predicted octanol–water partition coefficient (Wildman–Crippen LogP) is 5.27. The van der Waals surface area contributed by atoms with Crippen LogP contribution in [0.1, 0.15) is 5.82 Å². The number of halogens is 4. The average Bonchev–Trinajstić information content (AvgIpc) is 2.79. The normalized spacial score (nSPS) is 11.2. The van der Waals surface area contributed by atoms with Crippen molar-refractivity contribution in [3.05, 3.63) is 50.8 Å². The first-order valence-electron chi connectivity index (χ1n) is 6.14. The number of alkyl halides is 1. The Kier molecular flexibility index (Phi) is 4.41. The second-order valence-corrected chi connectivity index (χ2v) is 6.53. The molecule has 0 aliphatic heterocycles. The zero-order chi connectivity index (χ0) is 15.0. The molecule has 0 saturated heterocycles. The maximum absolute atomic E-state index is 6.31. The number of benzene rings is 1. The Morgan fingerprint density at radius 1 is 1.19 bits per heavy atom. The maximum Gasteiger partial charge on any atom is 0.164 e. The number of nitrogens with zero attached hydrogens (tertiary/aromatic N) is 3. The van der Waals surface area contributed by atoms with Gasteiger partial charge in [0.15, 0.2) is 5.65 Å². The van der Waals surface area contributed by atoms with Gasteiger partial charge in [-0.2, -0.15) is 0 Å². The van der Waals surface area contributed by atoms with E-state index in [-0.39, 0.29) is 0 Å². The summed E-state index contributed by atoms with van der Waals surface area (Å²) in [5.74, 6) is 1.26. The molecule has 0 aliphatic carbocycles. The van der Waals surface area contributed by atoms with Gasteiger partial charge in [-0.05, 0) is 40.2 Å². The number of aromatic nitrogens is 3. The molecule has 0 bridgehead atoms. The van der Waals surface area contributed by atoms with Crippen molar-refractivity contribution >= 4 is 61.9 Å². The fourth-order valence-electron chi connectivity index (χ4n) is 2.15. The van der Waals surface area contributed by atoms with E-state index in [9.17, 15) is 0 Å². The van der Waals surface area contributed by atoms with Gasteiger partial charge in [-0.15, -0.1) is 11.6 Å². The van der Waals surface area contributed by atoms with Gasteiger partial charge in [0.25, 0.3) is 0 Å². The molecule has 0 saturated carbocycles. The lowest BCUT2D eigenvalue weighted by molar-refractivity contribution is 0.905. The molecule has 3 rings (SSSR count). The fraction of sp³-hybridized carbons (Fsp3) is 0.143. The molecule has 2 aromatic heterocycles. The molecule has 0 fully saturated rings. The zero-order valence-corrected chi connectivity index (χ0v) is 14.5. The summed E-state index contributed by atoms with van der Waals surface area (Å²) in [6.07, 6.45) is 2.34. The molecule has 21 heavy (non-hydrogen) atoms. The highest BCUT2D eigenvalue weighted by atomic mass is 79.9. The number of hydrogen-bond donors (Lipinski definition) is 0. The Balaban J connectivity index is 2.33. The molecular formula is C14H9BrCl3N3. The molecule has 0 N–H and O–H groups in total. The van der Waals surface area contributed by atoms with E-state index in [1.807, 2.05) is 10.6 Å². The molecule has 0 radical (unpaired) electrons. The Hall–Kier alpha value is -0.810. The third-order valence-corrected chi connectivity index (χ3v) is 4.18. The summed E-state index contributed by atoms with van der Waals surface area (Å²) >= 11 is 21.7. The van der Waals surface area contributed by atoms with Crippen LogP contribution in [0.5, 0.6) is 0 Å². The van der Waals surface area contributed by atoms with E-state index < -0.39 is 0 Å². The number of imidazole rings is 1. The Morgan fingerprint density at radius 3 is 2.76 bits per heavy atom. The quantitative estimate of drug-likeness (QED) is 0.556. The van der Waals surface area contributed by atoms with Gasteiger partial charge in [0.1, 0.15) is 11.3 Å². The number of hydrogen-bond acceptors (Lipinski definition) is 2. The second-order valence-electron chi connectivity index (χ2n) is 4.39. The predicted molar refractivity (Wildman–Crippen MR) is 91.0 cm³/mol. The minimum Gasteiger partial charge on any atom is -0.279 e. The standard InChI is InChI=1S/C14H9BrCl3N3/c15-8-5-11-14(19-7-8)21(13(20-11)3-4-16)12-6-9(17)1-2-10(12)18/h1-2,5-7H,3-4H2. The first kappa shape index (κ1) is 15.1. The lowest BCUT2D eigenvalue weighted by Gasteiger charge is -2.10. The van der Waals surface area contributed by atoms with E-state index in [4.69, 9.17) is 34.8 Å². The Bertz CT molecular complexity index is 817. The van der Waals surface area contributed by atoms with Gasteiger partial charge in [0.2, 0.25) is 0 Å². The first-order valence-corrected chi connectivity index (χ1v) is 8.23. The molecule has 1 aromatic carbocycles. The minimum atomic E-state index is 0.461. The summed E-state index contributed by atoms with van der Waals surface area (Å²) in [6, 6.07) is 7.22. The SMILES string of the molecule is ClCCc1nc2cc(Br)cnc2n1-c1cc(Cl)ccc1Cl. The Morgan fingerprint density at radius 2 is 2.00 bits per heavy atom. The van der Waals surface area contributed by atoms with Crippen LogP contribution in [0, 0.1) is 0 Å². The summed E-state index contributed by atoms with van der Waals surface area (Å²) in [5, 5.41) is 1.18. The summed E-state index contributed by atoms with van der Waals surface area (Å²) < 4.78 is 2.77. The molecule has 0 amide bonds. The summed E-state index contributed by atoms with van der Waals surface area (Å²) in [7, 11) is 0. The van der Waals surface area contributed by atoms with Crippen LogP contribution in [0.25, 0.3) is 16.9 Å². The minimum absolute atomic E-state index is 0.461. The van der Waals surface area contributed by atoms with Crippen molar-refractivity contribution in [3.63, 3.8) is 0 Å². The van der Waals surface area contributed by atoms with Crippen LogP contribution in [-0.2, 0) is 6.42 Å². The molecule has 2 heterocycles. The van der Waals surface area contributed by atoms with Crippen molar-refractivity contribution in [1.29, 1.82) is 0 Å². The average molecular weight is 406 g/mol. The molecule has 0 atom stereocenters. The smallest absolute Gasteiger partial charge is 0.164 e. The topological polar surface area (TPSA) is 30.7 Å². The van der Waals surface area contributed by atoms with Crippen molar-refractivity contribution in [3.8, 4) is 5.69 Å². The molecule has 7 heteroatoms. The van der Waals surface area contributed by atoms with E-state index in [0.29, 0.717) is 22.3 Å². The largest absolute Gasteiger partial charge is 0.279 e. The van der Waals surface area contributed by atoms with E-state index in [2.05, 4.69) is 25.9 Å². The molecule has 3 aromatic rings. The van der Waals surface area contributed by atoms with Crippen molar-refractivity contribution in [1.82, 2.24) is 14.5 Å². The maximum atomic E-state index is 6.31. The van der Waals surface area contributed by atoms with E-state index in [0.717, 1.165) is 27.1 Å². The summed E-state index contributed by atoms with van der Waals surface area (Å²) in [6.45, 7) is 0. The zero-order valence-electron chi connectivity index (χ0n) is 10.7. The number of pyridine rings is 1. The van der Waals surface area contributed by atoms with Gasteiger partial charge in [-0.3, -0.25) is 4.57 Å². The van der Waals surface area contributed by atoms with Crippen molar-refractivity contribution in [2.24, 2.45) is 0 Å². The summed E-state index contributed by atoms with van der Waals surface area (Å²) in [4.78, 5) is 9.03. The molecule has 0 unspecified atom stereocenters. The molecule has 3 nitrogen and oxygen atoms in total. The lowest BCUT2D eigenvalue weighted by Crippen LogP contribution is -2.03. The molecule has 108 valence electrons. The monoisotopic (exact) mass is 403 g/mol. The Labute approximate surface area is 145 Å². The third kappa shape index (κ3) is 2.90. The molecular weight excluding hydrogens is 396 g/mol. The van der Waals surface area contributed by atoms with Crippen molar-refractivity contribution < 1.29 is 0 Å². The van der Waals surface area contributed by atoms with Gasteiger partial charge in [-0.25, -0.2) is 9.97 Å². The highest BCUT2D eigenvalue weighted by Gasteiger charge is 2.16. The van der Waals surface area contributed by atoms with E-state index >= 15 is 0 Å². The van der Waals surface area contributed by atoms with Crippen LogP contribution in [0.3, 0.4) is 0 Å². The van der Waals surface area contributed by atoms with Gasteiger partial charge >= 0.3 is 0 Å². The van der Waals surface area contributed by atoms with Gasteiger partial charge in [0.05, 0.1) is 10.7 Å². The van der Waals surface area contributed by atoms with Crippen LogP contribution >= 0.6 is 50.7 Å². The van der Waals surface area contributed by atoms with Crippen LogP contribution < -0.4 is 0 Å². The van der Waals surface area contributed by atoms with Crippen LogP contribution in [0.15, 0.2) is 34.9 Å². The number of fused-ring (bicyclic) bond motifs is 1. The van der Waals surface area contributed by atoms with Gasteiger partial charge < -0.3 is 0 Å². The third-order valence-electron chi connectivity index (χ3n) is 3.00. The summed E-state index contributed by atoms with van der Waals surface area (Å²) in [5.41, 5.74) is 2.25. The van der Waals surface area contributed by atoms with Crippen molar-refractivity contribution in [2.75, 3.05) is 5.88 Å². The molecule has 0 spiro atoms. The van der Waals surface area contributed by atoms with E-state index in [1.165, 1.54) is 0 Å². The highest BCUT2D eigenvalue weighted by molar-refractivity contribution is 9.10. The molecule has 0 aliphatic rings. The highest BCUT2D eigenvalue weighted by Crippen LogP contribution is 2.29. The van der Waals surface area contributed by atoms with Gasteiger partial charge in [0, 0.05) is 28.0 Å². The lowest BCUT2D eigenvalue weighted by atomic mass is 10.3. The number of aryl methyl sites for hydroxylation is 1. The van der Waals surface area contributed by atoms with Gasteiger partial charge in [-0.1, -0.05) is 23.2 Å². The van der Waals surface area contributed by atoms with Crippen molar-refractivity contribution in [2.45, 2.75) is 6.42 Å². The number of rotatable bonds is 3. The van der Waals surface area contributed by atoms with Crippen LogP contribution in [-0.4, -0.2) is 20.4 Å². The van der Waals surface area contributed by atoms with Crippen LogP contribution in [0.4, 0.5) is 0 Å². The van der Waals surface area contributed by atoms with Crippen LogP contribution in [0.2, 0.25) is 10.0 Å². The van der Waals surface area contributed by atoms with E-state index in [1.54, 1.807) is 24.4 Å². The first-order chi connectivity index (χ1) is 10.1. The second kappa shape index (κ2) is 6.13.